The monoisotopic (exact) mass is 600 g/mol. The molecule has 0 unspecified atom stereocenters. The average Bonchev–Trinajstić information content (AvgIpc) is 3.49. The fraction of sp³-hybridized carbons (Fsp3) is 0. The Balaban J connectivity index is 1.22. The molecule has 2 aromatic heterocycles. The number of fused-ring (bicyclic) bond motifs is 4. The summed E-state index contributed by atoms with van der Waals surface area (Å²) in [5.41, 5.74) is 8.55. The van der Waals surface area contributed by atoms with Gasteiger partial charge in [-0.25, -0.2) is 15.0 Å². The molecule has 2 heterocycles. The molecule has 0 aliphatic heterocycles. The molecule has 0 spiro atoms. The quantitative estimate of drug-likeness (QED) is 0.197. The van der Waals surface area contributed by atoms with E-state index >= 15 is 0 Å². The highest BCUT2D eigenvalue weighted by atomic mass is 15.0. The Bertz CT molecular complexity index is 2530. The summed E-state index contributed by atoms with van der Waals surface area (Å²) in [6.07, 6.45) is 0. The zero-order chi connectivity index (χ0) is 31.2. The molecule has 0 saturated carbocycles. The zero-order valence-electron chi connectivity index (χ0n) is 25.5. The minimum absolute atomic E-state index is 0.637. The van der Waals surface area contributed by atoms with Gasteiger partial charge >= 0.3 is 0 Å². The predicted molar refractivity (Wildman–Crippen MR) is 193 cm³/mol. The molecule has 0 aliphatic rings. The van der Waals surface area contributed by atoms with Gasteiger partial charge in [-0.2, -0.15) is 0 Å². The maximum atomic E-state index is 5.07. The fourth-order valence-corrected chi connectivity index (χ4v) is 6.60. The molecule has 0 aliphatic carbocycles. The number of hydrogen-bond donors (Lipinski definition) is 0. The van der Waals surface area contributed by atoms with E-state index in [2.05, 4.69) is 144 Å². The van der Waals surface area contributed by atoms with Gasteiger partial charge in [0.1, 0.15) is 0 Å². The second kappa shape index (κ2) is 11.2. The van der Waals surface area contributed by atoms with E-state index < -0.39 is 0 Å². The van der Waals surface area contributed by atoms with Gasteiger partial charge in [0.15, 0.2) is 17.5 Å². The van der Waals surface area contributed by atoms with Crippen molar-refractivity contribution >= 4 is 32.6 Å². The summed E-state index contributed by atoms with van der Waals surface area (Å²) in [7, 11) is 0. The van der Waals surface area contributed by atoms with Crippen molar-refractivity contribution in [2.75, 3.05) is 0 Å². The zero-order valence-corrected chi connectivity index (χ0v) is 25.5. The lowest BCUT2D eigenvalue weighted by Gasteiger charge is -2.15. The van der Waals surface area contributed by atoms with E-state index in [1.807, 2.05) is 30.3 Å². The van der Waals surface area contributed by atoms with Crippen molar-refractivity contribution < 1.29 is 0 Å². The van der Waals surface area contributed by atoms with Crippen LogP contribution in [0.4, 0.5) is 0 Å². The average molecular weight is 601 g/mol. The molecule has 4 nitrogen and oxygen atoms in total. The minimum Gasteiger partial charge on any atom is -0.309 e. The Morgan fingerprint density at radius 3 is 1.62 bits per heavy atom. The highest BCUT2D eigenvalue weighted by Crippen LogP contribution is 2.37. The fourth-order valence-electron chi connectivity index (χ4n) is 6.60. The van der Waals surface area contributed by atoms with Crippen molar-refractivity contribution in [2.45, 2.75) is 0 Å². The summed E-state index contributed by atoms with van der Waals surface area (Å²) in [6.45, 7) is 0. The van der Waals surface area contributed by atoms with Crippen LogP contribution in [0, 0.1) is 0 Å². The van der Waals surface area contributed by atoms with Crippen LogP contribution in [0.1, 0.15) is 0 Å². The summed E-state index contributed by atoms with van der Waals surface area (Å²) in [5.74, 6) is 1.93. The maximum Gasteiger partial charge on any atom is 0.164 e. The van der Waals surface area contributed by atoms with E-state index in [-0.39, 0.29) is 0 Å². The van der Waals surface area contributed by atoms with E-state index in [1.54, 1.807) is 0 Å². The van der Waals surface area contributed by atoms with Crippen molar-refractivity contribution in [1.29, 1.82) is 0 Å². The van der Waals surface area contributed by atoms with Crippen molar-refractivity contribution in [3.8, 4) is 51.0 Å². The van der Waals surface area contributed by atoms with Crippen LogP contribution in [0.2, 0.25) is 0 Å². The lowest BCUT2D eigenvalue weighted by atomic mass is 10.0. The normalized spacial score (nSPS) is 11.4. The van der Waals surface area contributed by atoms with Crippen molar-refractivity contribution in [1.82, 2.24) is 19.5 Å². The largest absolute Gasteiger partial charge is 0.309 e. The third-order valence-electron chi connectivity index (χ3n) is 8.83. The first-order valence-corrected chi connectivity index (χ1v) is 15.8. The molecular formula is C43H28N4. The number of hydrogen-bond acceptors (Lipinski definition) is 3. The molecule has 0 fully saturated rings. The summed E-state index contributed by atoms with van der Waals surface area (Å²) in [4.78, 5) is 15.1. The number of aromatic nitrogens is 4. The molecule has 4 heteroatoms. The molecule has 0 amide bonds. The standard InChI is InChI=1S/C43H28N4/c1-2-14-30(15-3-1)41-44-42(46-43(45-41)34-26-25-29-13-4-5-16-31(29)27-34)33-18-12-17-32(28-33)35-19-6-9-22-38(35)47-39-23-10-7-20-36(39)37-21-8-11-24-40(37)47/h1-28H. The van der Waals surface area contributed by atoms with E-state index in [1.165, 1.54) is 27.2 Å². The molecule has 7 aromatic carbocycles. The lowest BCUT2D eigenvalue weighted by Crippen LogP contribution is -2.00. The number of rotatable bonds is 5. The summed E-state index contributed by atoms with van der Waals surface area (Å²) < 4.78 is 2.38. The van der Waals surface area contributed by atoms with Crippen molar-refractivity contribution in [3.63, 3.8) is 0 Å². The summed E-state index contributed by atoms with van der Waals surface area (Å²) in [6, 6.07) is 59.3. The smallest absolute Gasteiger partial charge is 0.164 e. The number of nitrogens with zero attached hydrogens (tertiary/aromatic N) is 4. The van der Waals surface area contributed by atoms with Crippen LogP contribution in [0.3, 0.4) is 0 Å². The van der Waals surface area contributed by atoms with Crippen LogP contribution in [0.15, 0.2) is 170 Å². The summed E-state index contributed by atoms with van der Waals surface area (Å²) >= 11 is 0. The Hall–Kier alpha value is -6.39. The van der Waals surface area contributed by atoms with E-state index in [0.717, 1.165) is 38.9 Å². The van der Waals surface area contributed by atoms with Crippen molar-refractivity contribution in [2.24, 2.45) is 0 Å². The molecule has 9 aromatic rings. The van der Waals surface area contributed by atoms with Gasteiger partial charge in [-0.15, -0.1) is 0 Å². The first-order valence-electron chi connectivity index (χ1n) is 15.8. The Morgan fingerprint density at radius 2 is 0.872 bits per heavy atom. The second-order valence-corrected chi connectivity index (χ2v) is 11.7. The van der Waals surface area contributed by atoms with Gasteiger partial charge in [-0.1, -0.05) is 140 Å². The van der Waals surface area contributed by atoms with Crippen LogP contribution >= 0.6 is 0 Å². The molecule has 47 heavy (non-hydrogen) atoms. The number of benzene rings is 7. The van der Waals surface area contributed by atoms with Gasteiger partial charge < -0.3 is 4.57 Å². The minimum atomic E-state index is 0.637. The van der Waals surface area contributed by atoms with Gasteiger partial charge in [-0.05, 0) is 46.7 Å². The molecule has 0 N–H and O–H groups in total. The third-order valence-corrected chi connectivity index (χ3v) is 8.83. The maximum absolute atomic E-state index is 5.07. The van der Waals surface area contributed by atoms with E-state index in [0.29, 0.717) is 17.5 Å². The van der Waals surface area contributed by atoms with Gasteiger partial charge in [0.2, 0.25) is 0 Å². The Morgan fingerprint density at radius 1 is 0.340 bits per heavy atom. The van der Waals surface area contributed by atoms with Crippen molar-refractivity contribution in [3.05, 3.63) is 170 Å². The first-order chi connectivity index (χ1) is 23.3. The molecular weight excluding hydrogens is 573 g/mol. The molecule has 9 rings (SSSR count). The summed E-state index contributed by atoms with van der Waals surface area (Å²) in [5, 5.41) is 4.82. The molecule has 0 bridgehead atoms. The highest BCUT2D eigenvalue weighted by Gasteiger charge is 2.17. The van der Waals surface area contributed by atoms with Crippen LogP contribution in [0.5, 0.6) is 0 Å². The van der Waals surface area contributed by atoms with Crippen LogP contribution in [-0.2, 0) is 0 Å². The highest BCUT2D eigenvalue weighted by molar-refractivity contribution is 6.09. The lowest BCUT2D eigenvalue weighted by molar-refractivity contribution is 1.07. The molecule has 0 saturated heterocycles. The van der Waals surface area contributed by atoms with Crippen LogP contribution in [0.25, 0.3) is 83.6 Å². The van der Waals surface area contributed by atoms with Gasteiger partial charge in [0, 0.05) is 33.0 Å². The Kier molecular flexibility index (Phi) is 6.43. The van der Waals surface area contributed by atoms with Crippen LogP contribution < -0.4 is 0 Å². The molecule has 220 valence electrons. The third kappa shape index (κ3) is 4.75. The predicted octanol–water partition coefficient (Wildman–Crippen LogP) is 10.8. The van der Waals surface area contributed by atoms with Gasteiger partial charge in [0.05, 0.1) is 16.7 Å². The van der Waals surface area contributed by atoms with Crippen LogP contribution in [-0.4, -0.2) is 19.5 Å². The first kappa shape index (κ1) is 27.0. The topological polar surface area (TPSA) is 43.6 Å². The van der Waals surface area contributed by atoms with Gasteiger partial charge in [-0.3, -0.25) is 0 Å². The second-order valence-electron chi connectivity index (χ2n) is 11.7. The van der Waals surface area contributed by atoms with E-state index in [9.17, 15) is 0 Å². The van der Waals surface area contributed by atoms with Gasteiger partial charge in [0.25, 0.3) is 0 Å². The Labute approximate surface area is 272 Å². The molecule has 0 atom stereocenters. The SMILES string of the molecule is c1ccc(-c2nc(-c3cccc(-c4ccccc4-n4c5ccccc5c5ccccc54)c3)nc(-c3ccc4ccccc4c3)n2)cc1. The van der Waals surface area contributed by atoms with E-state index in [4.69, 9.17) is 15.0 Å². The molecule has 0 radical (unpaired) electrons. The number of para-hydroxylation sites is 3.